The largest absolute Gasteiger partial charge is 0.348 e. The third-order valence-corrected chi connectivity index (χ3v) is 3.78. The van der Waals surface area contributed by atoms with Crippen LogP contribution in [-0.2, 0) is 6.54 Å². The van der Waals surface area contributed by atoms with Crippen LogP contribution in [0, 0.1) is 6.92 Å². The summed E-state index contributed by atoms with van der Waals surface area (Å²) in [5.74, 6) is -0.0316. The van der Waals surface area contributed by atoms with Crippen molar-refractivity contribution in [2.45, 2.75) is 18.4 Å². The summed E-state index contributed by atoms with van der Waals surface area (Å²) in [6.07, 6.45) is 2.04. The van der Waals surface area contributed by atoms with Gasteiger partial charge in [-0.25, -0.2) is 0 Å². The summed E-state index contributed by atoms with van der Waals surface area (Å²) < 4.78 is 0. The van der Waals surface area contributed by atoms with E-state index in [2.05, 4.69) is 11.4 Å². The van der Waals surface area contributed by atoms with E-state index in [0.29, 0.717) is 12.1 Å². The molecule has 2 aromatic rings. The van der Waals surface area contributed by atoms with Crippen LogP contribution in [0.25, 0.3) is 0 Å². The minimum Gasteiger partial charge on any atom is -0.348 e. The van der Waals surface area contributed by atoms with Gasteiger partial charge in [0, 0.05) is 17.0 Å². The Kier molecular flexibility index (Phi) is 4.63. The van der Waals surface area contributed by atoms with Crippen LogP contribution in [0.15, 0.2) is 53.4 Å². The first-order valence-electron chi connectivity index (χ1n) is 6.17. The van der Waals surface area contributed by atoms with Gasteiger partial charge in [-0.3, -0.25) is 4.79 Å². The van der Waals surface area contributed by atoms with Crippen LogP contribution in [0.4, 0.5) is 0 Å². The van der Waals surface area contributed by atoms with Crippen molar-refractivity contribution < 1.29 is 4.79 Å². The third kappa shape index (κ3) is 3.61. The molecule has 0 unspecified atom stereocenters. The fourth-order valence-electron chi connectivity index (χ4n) is 1.83. The van der Waals surface area contributed by atoms with Crippen molar-refractivity contribution in [2.24, 2.45) is 0 Å². The van der Waals surface area contributed by atoms with E-state index in [-0.39, 0.29) is 5.91 Å². The van der Waals surface area contributed by atoms with Gasteiger partial charge in [0.2, 0.25) is 0 Å². The molecule has 0 atom stereocenters. The Morgan fingerprint density at radius 3 is 2.47 bits per heavy atom. The lowest BCUT2D eigenvalue weighted by Crippen LogP contribution is -2.23. The quantitative estimate of drug-likeness (QED) is 0.860. The fourth-order valence-corrected chi connectivity index (χ4v) is 2.45. The van der Waals surface area contributed by atoms with E-state index in [9.17, 15) is 4.79 Å². The van der Waals surface area contributed by atoms with Crippen LogP contribution < -0.4 is 5.32 Å². The van der Waals surface area contributed by atoms with E-state index in [1.165, 1.54) is 4.90 Å². The molecule has 2 rings (SSSR count). The molecule has 0 aliphatic rings. The van der Waals surface area contributed by atoms with Gasteiger partial charge in [0.15, 0.2) is 0 Å². The number of carbonyl (C=O) groups is 1. The first-order chi connectivity index (χ1) is 9.20. The van der Waals surface area contributed by atoms with E-state index in [1.807, 2.05) is 55.6 Å². The molecule has 3 heteroatoms. The van der Waals surface area contributed by atoms with E-state index in [0.717, 1.165) is 11.1 Å². The van der Waals surface area contributed by atoms with Crippen LogP contribution in [0.2, 0.25) is 0 Å². The molecule has 0 bridgehead atoms. The molecule has 0 aromatic heterocycles. The van der Waals surface area contributed by atoms with Crippen LogP contribution >= 0.6 is 11.8 Å². The lowest BCUT2D eigenvalue weighted by Gasteiger charge is -2.09. The number of rotatable bonds is 4. The second kappa shape index (κ2) is 6.43. The highest BCUT2D eigenvalue weighted by Gasteiger charge is 2.06. The highest BCUT2D eigenvalue weighted by atomic mass is 32.2. The third-order valence-electron chi connectivity index (χ3n) is 2.95. The van der Waals surface area contributed by atoms with Crippen LogP contribution in [0.1, 0.15) is 21.5 Å². The van der Waals surface area contributed by atoms with Gasteiger partial charge in [0.05, 0.1) is 0 Å². The van der Waals surface area contributed by atoms with Gasteiger partial charge in [0.1, 0.15) is 0 Å². The average Bonchev–Trinajstić information content (AvgIpc) is 2.45. The maximum Gasteiger partial charge on any atom is 0.251 e. The second-order valence-electron chi connectivity index (χ2n) is 4.36. The molecule has 0 radical (unpaired) electrons. The summed E-state index contributed by atoms with van der Waals surface area (Å²) in [7, 11) is 0. The Balaban J connectivity index is 2.02. The van der Waals surface area contributed by atoms with Crippen molar-refractivity contribution in [2.75, 3.05) is 6.26 Å². The number of nitrogens with one attached hydrogen (secondary N) is 1. The van der Waals surface area contributed by atoms with Crippen molar-refractivity contribution in [1.29, 1.82) is 0 Å². The molecule has 1 amide bonds. The number of carbonyl (C=O) groups excluding carboxylic acids is 1. The molecule has 0 aliphatic heterocycles. The van der Waals surface area contributed by atoms with Gasteiger partial charge in [-0.2, -0.15) is 0 Å². The molecule has 19 heavy (non-hydrogen) atoms. The summed E-state index contributed by atoms with van der Waals surface area (Å²) in [5, 5.41) is 2.96. The van der Waals surface area contributed by atoms with Crippen LogP contribution in [-0.4, -0.2) is 12.2 Å². The van der Waals surface area contributed by atoms with Crippen molar-refractivity contribution in [3.63, 3.8) is 0 Å². The van der Waals surface area contributed by atoms with Gasteiger partial charge in [-0.1, -0.05) is 35.9 Å². The van der Waals surface area contributed by atoms with E-state index < -0.39 is 0 Å². The molecule has 0 saturated carbocycles. The summed E-state index contributed by atoms with van der Waals surface area (Å²) in [4.78, 5) is 13.2. The Hall–Kier alpha value is -1.74. The zero-order chi connectivity index (χ0) is 13.7. The Labute approximate surface area is 118 Å². The molecule has 0 spiro atoms. The van der Waals surface area contributed by atoms with Gasteiger partial charge in [-0.05, 0) is 36.9 Å². The summed E-state index contributed by atoms with van der Waals surface area (Å²) in [5.41, 5.74) is 3.01. The van der Waals surface area contributed by atoms with Crippen molar-refractivity contribution >= 4 is 17.7 Å². The maximum atomic E-state index is 12.0. The topological polar surface area (TPSA) is 29.1 Å². The summed E-state index contributed by atoms with van der Waals surface area (Å²) >= 11 is 1.69. The monoisotopic (exact) mass is 271 g/mol. The van der Waals surface area contributed by atoms with Crippen molar-refractivity contribution in [3.8, 4) is 0 Å². The SMILES string of the molecule is CSc1ccccc1CNC(=O)c1ccc(C)cc1. The van der Waals surface area contributed by atoms with Gasteiger partial charge >= 0.3 is 0 Å². The molecule has 2 aromatic carbocycles. The average molecular weight is 271 g/mol. The highest BCUT2D eigenvalue weighted by molar-refractivity contribution is 7.98. The highest BCUT2D eigenvalue weighted by Crippen LogP contribution is 2.19. The molecular formula is C16H17NOS. The molecule has 1 N–H and O–H groups in total. The number of amides is 1. The zero-order valence-corrected chi connectivity index (χ0v) is 12.0. The van der Waals surface area contributed by atoms with Gasteiger partial charge in [-0.15, -0.1) is 11.8 Å². The number of thioether (sulfide) groups is 1. The van der Waals surface area contributed by atoms with E-state index >= 15 is 0 Å². The molecule has 2 nitrogen and oxygen atoms in total. The fraction of sp³-hybridized carbons (Fsp3) is 0.188. The number of benzene rings is 2. The van der Waals surface area contributed by atoms with Gasteiger partial charge in [0.25, 0.3) is 5.91 Å². The molecule has 0 heterocycles. The van der Waals surface area contributed by atoms with Crippen LogP contribution in [0.5, 0.6) is 0 Å². The van der Waals surface area contributed by atoms with Gasteiger partial charge < -0.3 is 5.32 Å². The normalized spacial score (nSPS) is 10.2. The predicted octanol–water partition coefficient (Wildman–Crippen LogP) is 3.65. The summed E-state index contributed by atoms with van der Waals surface area (Å²) in [6, 6.07) is 15.7. The lowest BCUT2D eigenvalue weighted by atomic mass is 10.1. The molecule has 0 aliphatic carbocycles. The first-order valence-corrected chi connectivity index (χ1v) is 7.40. The smallest absolute Gasteiger partial charge is 0.251 e. The van der Waals surface area contributed by atoms with E-state index in [1.54, 1.807) is 11.8 Å². The zero-order valence-electron chi connectivity index (χ0n) is 11.1. The maximum absolute atomic E-state index is 12.0. The lowest BCUT2D eigenvalue weighted by molar-refractivity contribution is 0.0950. The predicted molar refractivity (Wildman–Crippen MR) is 80.6 cm³/mol. The molecule has 98 valence electrons. The molecule has 0 saturated heterocycles. The minimum absolute atomic E-state index is 0.0316. The van der Waals surface area contributed by atoms with Crippen LogP contribution in [0.3, 0.4) is 0 Å². The molecule has 0 fully saturated rings. The molecular weight excluding hydrogens is 254 g/mol. The second-order valence-corrected chi connectivity index (χ2v) is 5.21. The number of aryl methyl sites for hydroxylation is 1. The minimum atomic E-state index is -0.0316. The summed E-state index contributed by atoms with van der Waals surface area (Å²) in [6.45, 7) is 2.57. The number of hydrogen-bond donors (Lipinski definition) is 1. The van der Waals surface area contributed by atoms with Crippen molar-refractivity contribution in [1.82, 2.24) is 5.32 Å². The Bertz CT molecular complexity index is 563. The van der Waals surface area contributed by atoms with E-state index in [4.69, 9.17) is 0 Å². The van der Waals surface area contributed by atoms with Crippen molar-refractivity contribution in [3.05, 3.63) is 65.2 Å². The Morgan fingerprint density at radius 1 is 1.11 bits per heavy atom. The standard InChI is InChI=1S/C16H17NOS/c1-12-7-9-13(10-8-12)16(18)17-11-14-5-3-4-6-15(14)19-2/h3-10H,11H2,1-2H3,(H,17,18). The first kappa shape index (κ1) is 13.7. The number of hydrogen-bond acceptors (Lipinski definition) is 2. The Morgan fingerprint density at radius 2 is 1.79 bits per heavy atom.